The molecule has 0 fully saturated rings. The van der Waals surface area contributed by atoms with Gasteiger partial charge in [0, 0.05) is 60.4 Å². The number of hydrogen-bond donors (Lipinski definition) is 6. The lowest BCUT2D eigenvalue weighted by atomic mass is 9.78. The van der Waals surface area contributed by atoms with Crippen molar-refractivity contribution in [2.45, 2.75) is 85.6 Å². The second-order valence-electron chi connectivity index (χ2n) is 15.0. The molecule has 13 nitrogen and oxygen atoms in total. The molecule has 4 bridgehead atoms. The predicted octanol–water partition coefficient (Wildman–Crippen LogP) is 5.59. The van der Waals surface area contributed by atoms with Gasteiger partial charge in [0.2, 0.25) is 0 Å². The monoisotopic (exact) mass is 743 g/mol. The Morgan fingerprint density at radius 1 is 0.926 bits per heavy atom. The average molecular weight is 744 g/mol. The SMILES string of the molecule is CO[C@H]1/C=C/O[C@@]2(C)Oc3c(C)c(O)c4c(O)c(c5c(nc6cc(C)ccn65)c4c3C2=O)NC(=O)/C(C)=C\C=C\[C@H](C)[C@H](O)[C@@H](C)[C@@H](O)[C@@H](C)[C@H](O)[C@@H]1C. The summed E-state index contributed by atoms with van der Waals surface area (Å²) in [5, 5.41) is 60.2. The lowest BCUT2D eigenvalue weighted by molar-refractivity contribution is -0.112. The molecule has 6 N–H and O–H groups in total. The van der Waals surface area contributed by atoms with Crippen LogP contribution in [-0.2, 0) is 14.3 Å². The van der Waals surface area contributed by atoms with E-state index < -0.39 is 71.3 Å². The van der Waals surface area contributed by atoms with E-state index in [1.807, 2.05) is 19.1 Å². The first-order chi connectivity index (χ1) is 25.4. The smallest absolute Gasteiger partial charge is 0.312 e. The van der Waals surface area contributed by atoms with Crippen molar-refractivity contribution in [1.29, 1.82) is 0 Å². The fourth-order valence-corrected chi connectivity index (χ4v) is 7.64. The lowest BCUT2D eigenvalue weighted by Gasteiger charge is -2.36. The molecule has 0 saturated carbocycles. The summed E-state index contributed by atoms with van der Waals surface area (Å²) in [6.07, 6.45) is 5.55. The van der Waals surface area contributed by atoms with Crippen LogP contribution in [0.2, 0.25) is 0 Å². The minimum Gasteiger partial charge on any atom is -0.507 e. The van der Waals surface area contributed by atoms with Crippen molar-refractivity contribution >= 4 is 44.8 Å². The summed E-state index contributed by atoms with van der Waals surface area (Å²) in [4.78, 5) is 33.0. The average Bonchev–Trinajstić information content (AvgIpc) is 3.64. The lowest BCUT2D eigenvalue weighted by Crippen LogP contribution is -2.44. The number of ether oxygens (including phenoxy) is 3. The normalized spacial score (nSPS) is 32.0. The van der Waals surface area contributed by atoms with Gasteiger partial charge in [0.1, 0.15) is 33.9 Å². The highest BCUT2D eigenvalue weighted by atomic mass is 16.7. The standard InChI is InChI=1S/C41H49N3O10/c1-18-13-15-44-26(17-18)42-30-27-28-36(48)24(7)38-29(27)39(50)41(8,54-38)53-16-14-25(52-9)21(4)34(46)23(6)35(47)22(5)33(45)19(2)11-10-12-20(3)40(51)43-31(32(30)44)37(28)49/h10-17,19,21-23,25,33-35,45-49H,1-9H3,(H,43,51)/b11-10+,16-14+,20-12-/t19-,21+,22+,23-,25-,33-,34+,35+,41-/m0/s1. The molecule has 4 aromatic rings. The number of phenolic OH excluding ortho intramolecular Hbond substituents is 2. The summed E-state index contributed by atoms with van der Waals surface area (Å²) in [7, 11) is 1.46. The molecule has 0 spiro atoms. The summed E-state index contributed by atoms with van der Waals surface area (Å²) >= 11 is 0. The van der Waals surface area contributed by atoms with Crippen LogP contribution in [0.25, 0.3) is 27.5 Å². The molecule has 2 aliphatic heterocycles. The van der Waals surface area contributed by atoms with Crippen molar-refractivity contribution in [2.75, 3.05) is 12.4 Å². The zero-order valence-electron chi connectivity index (χ0n) is 31.9. The van der Waals surface area contributed by atoms with Crippen LogP contribution < -0.4 is 10.1 Å². The Hall–Kier alpha value is -4.95. The van der Waals surface area contributed by atoms with Crippen LogP contribution in [0.3, 0.4) is 0 Å². The highest BCUT2D eigenvalue weighted by Gasteiger charge is 2.49. The summed E-state index contributed by atoms with van der Waals surface area (Å²) in [6.45, 7) is 13.4. The van der Waals surface area contributed by atoms with E-state index in [-0.39, 0.29) is 55.7 Å². The molecular formula is C41H49N3O10. The number of fused-ring (bicyclic) bond motifs is 2. The fraction of sp³-hybridized carbons (Fsp3) is 0.439. The van der Waals surface area contributed by atoms with Crippen molar-refractivity contribution in [3.05, 3.63) is 71.2 Å². The van der Waals surface area contributed by atoms with E-state index in [0.29, 0.717) is 5.65 Å². The summed E-state index contributed by atoms with van der Waals surface area (Å²) in [5.41, 5.74) is 2.27. The number of Topliss-reactive ketones (excluding diaryl/α,β-unsaturated/α-hetero) is 1. The number of pyridine rings is 1. The molecule has 2 aromatic heterocycles. The number of nitrogens with zero attached hydrogens (tertiary/aromatic N) is 2. The molecule has 0 aliphatic carbocycles. The van der Waals surface area contributed by atoms with Crippen LogP contribution >= 0.6 is 0 Å². The first kappa shape index (κ1) is 38.8. The minimum absolute atomic E-state index is 0.0318. The van der Waals surface area contributed by atoms with Crippen LogP contribution in [-0.4, -0.2) is 83.9 Å². The number of hydrogen-bond acceptors (Lipinski definition) is 11. The number of rotatable bonds is 1. The largest absolute Gasteiger partial charge is 0.507 e. The number of aromatic hydroxyl groups is 2. The highest BCUT2D eigenvalue weighted by molar-refractivity contribution is 6.28. The Bertz CT molecular complexity index is 2260. The number of carbonyl (C=O) groups is 2. The number of imidazole rings is 1. The summed E-state index contributed by atoms with van der Waals surface area (Å²) < 4.78 is 19.5. The Kier molecular flexibility index (Phi) is 10.3. The van der Waals surface area contributed by atoms with Gasteiger partial charge in [-0.3, -0.25) is 14.0 Å². The van der Waals surface area contributed by atoms with Gasteiger partial charge in [-0.05, 0) is 44.5 Å². The fourth-order valence-electron chi connectivity index (χ4n) is 7.64. The molecule has 1 amide bonds. The van der Waals surface area contributed by atoms with Crippen LogP contribution in [0.1, 0.15) is 63.0 Å². The van der Waals surface area contributed by atoms with Crippen LogP contribution in [0.4, 0.5) is 5.69 Å². The number of amides is 1. The highest BCUT2D eigenvalue weighted by Crippen LogP contribution is 2.54. The van der Waals surface area contributed by atoms with Gasteiger partial charge in [-0.2, -0.15) is 0 Å². The molecule has 0 saturated heterocycles. The van der Waals surface area contributed by atoms with Gasteiger partial charge in [0.15, 0.2) is 5.75 Å². The molecule has 2 aliphatic rings. The Morgan fingerprint density at radius 3 is 2.28 bits per heavy atom. The third kappa shape index (κ3) is 6.28. The van der Waals surface area contributed by atoms with Crippen molar-refractivity contribution in [2.24, 2.45) is 23.7 Å². The van der Waals surface area contributed by atoms with Crippen LogP contribution in [0, 0.1) is 37.5 Å². The molecule has 13 heteroatoms. The molecule has 4 heterocycles. The van der Waals surface area contributed by atoms with E-state index >= 15 is 0 Å². The van der Waals surface area contributed by atoms with Gasteiger partial charge >= 0.3 is 5.79 Å². The van der Waals surface area contributed by atoms with E-state index in [1.165, 1.54) is 26.4 Å². The Morgan fingerprint density at radius 2 is 1.59 bits per heavy atom. The van der Waals surface area contributed by atoms with E-state index in [9.17, 15) is 35.1 Å². The van der Waals surface area contributed by atoms with E-state index in [1.54, 1.807) is 70.4 Å². The topological polar surface area (TPSA) is 192 Å². The van der Waals surface area contributed by atoms with E-state index in [4.69, 9.17) is 19.2 Å². The maximum absolute atomic E-state index is 14.5. The number of phenols is 2. The van der Waals surface area contributed by atoms with Gasteiger partial charge in [0.05, 0.1) is 41.6 Å². The van der Waals surface area contributed by atoms with E-state index in [2.05, 4.69) is 5.32 Å². The second-order valence-corrected chi connectivity index (χ2v) is 15.0. The molecule has 54 heavy (non-hydrogen) atoms. The number of benzene rings is 2. The Labute approximate surface area is 313 Å². The number of ketones is 1. The van der Waals surface area contributed by atoms with Gasteiger partial charge < -0.3 is 45.1 Å². The Balaban J connectivity index is 1.58. The zero-order valence-corrected chi connectivity index (χ0v) is 31.9. The number of aryl methyl sites for hydroxylation is 1. The van der Waals surface area contributed by atoms with Crippen LogP contribution in [0.15, 0.2) is 54.5 Å². The molecule has 6 rings (SSSR count). The number of nitrogens with one attached hydrogen (secondary N) is 1. The minimum atomic E-state index is -1.93. The van der Waals surface area contributed by atoms with Gasteiger partial charge in [-0.1, -0.05) is 45.9 Å². The van der Waals surface area contributed by atoms with E-state index in [0.717, 1.165) is 5.56 Å². The quantitative estimate of drug-likeness (QED) is 0.133. The third-order valence-electron chi connectivity index (χ3n) is 11.3. The zero-order chi connectivity index (χ0) is 39.5. The van der Waals surface area contributed by atoms with Crippen molar-refractivity contribution in [3.63, 3.8) is 0 Å². The molecule has 0 unspecified atom stereocenters. The molecule has 9 atom stereocenters. The molecule has 0 radical (unpaired) electrons. The first-order valence-corrected chi connectivity index (χ1v) is 18.1. The van der Waals surface area contributed by atoms with Gasteiger partial charge in [0.25, 0.3) is 11.7 Å². The number of anilines is 1. The summed E-state index contributed by atoms with van der Waals surface area (Å²) in [5.74, 6) is -6.23. The number of carbonyl (C=O) groups excluding carboxylic acids is 2. The number of aromatic nitrogens is 2. The number of aliphatic hydroxyl groups excluding tert-OH is 3. The van der Waals surface area contributed by atoms with Crippen molar-refractivity contribution in [3.8, 4) is 17.2 Å². The maximum atomic E-state index is 14.5. The van der Waals surface area contributed by atoms with Crippen molar-refractivity contribution < 1.29 is 49.3 Å². The van der Waals surface area contributed by atoms with Gasteiger partial charge in [-0.15, -0.1) is 0 Å². The first-order valence-electron chi connectivity index (χ1n) is 18.1. The number of aliphatic hydroxyl groups is 3. The van der Waals surface area contributed by atoms with Crippen LogP contribution in [0.5, 0.6) is 17.2 Å². The predicted molar refractivity (Wildman–Crippen MR) is 204 cm³/mol. The molecule has 288 valence electrons. The number of allylic oxidation sites excluding steroid dienone is 2. The van der Waals surface area contributed by atoms with Crippen molar-refractivity contribution in [1.82, 2.24) is 9.38 Å². The number of methoxy groups -OCH3 is 1. The van der Waals surface area contributed by atoms with Gasteiger partial charge in [-0.25, -0.2) is 4.98 Å². The second kappa shape index (κ2) is 14.4. The summed E-state index contributed by atoms with van der Waals surface area (Å²) in [6, 6.07) is 3.65. The maximum Gasteiger partial charge on any atom is 0.312 e. The molecule has 2 aromatic carbocycles. The third-order valence-corrected chi connectivity index (χ3v) is 11.3. The molecular weight excluding hydrogens is 694 g/mol.